The number of nitrogens with zero attached hydrogens (tertiary/aromatic N) is 3. The Morgan fingerprint density at radius 2 is 2.33 bits per heavy atom. The fourth-order valence-electron chi connectivity index (χ4n) is 0.739. The maximum Gasteiger partial charge on any atom is 0.361 e. The maximum atomic E-state index is 10.9. The van der Waals surface area contributed by atoms with Gasteiger partial charge in [0.2, 0.25) is 5.69 Å². The zero-order chi connectivity index (χ0) is 9.14. The minimum absolute atomic E-state index is 0.0602. The van der Waals surface area contributed by atoms with Crippen LogP contribution in [0, 0.1) is 0 Å². The SMILES string of the molecule is COC(=O)c1nnn(C)c1C=O. The first-order valence-electron chi connectivity index (χ1n) is 3.14. The zero-order valence-corrected chi connectivity index (χ0v) is 6.64. The number of carbonyl (C=O) groups is 2. The van der Waals surface area contributed by atoms with Gasteiger partial charge >= 0.3 is 5.97 Å². The monoisotopic (exact) mass is 169 g/mol. The molecule has 64 valence electrons. The van der Waals surface area contributed by atoms with Crippen LogP contribution in [0.5, 0.6) is 0 Å². The van der Waals surface area contributed by atoms with E-state index in [0.717, 1.165) is 0 Å². The van der Waals surface area contributed by atoms with Crippen molar-refractivity contribution in [2.75, 3.05) is 7.11 Å². The summed E-state index contributed by atoms with van der Waals surface area (Å²) in [5, 5.41) is 6.96. The second-order valence-corrected chi connectivity index (χ2v) is 2.06. The van der Waals surface area contributed by atoms with Crippen LogP contribution < -0.4 is 0 Å². The lowest BCUT2D eigenvalue weighted by Crippen LogP contribution is -2.06. The van der Waals surface area contributed by atoms with Crippen molar-refractivity contribution >= 4 is 12.3 Å². The molecule has 1 rings (SSSR count). The van der Waals surface area contributed by atoms with Crippen molar-refractivity contribution in [2.45, 2.75) is 0 Å². The summed E-state index contributed by atoms with van der Waals surface area (Å²) < 4.78 is 5.59. The number of carbonyl (C=O) groups excluding carboxylic acids is 2. The van der Waals surface area contributed by atoms with E-state index in [2.05, 4.69) is 15.0 Å². The van der Waals surface area contributed by atoms with E-state index in [9.17, 15) is 9.59 Å². The molecule has 0 unspecified atom stereocenters. The molecule has 0 radical (unpaired) electrons. The fourth-order valence-corrected chi connectivity index (χ4v) is 0.739. The third-order valence-electron chi connectivity index (χ3n) is 1.36. The normalized spacial score (nSPS) is 9.50. The summed E-state index contributed by atoms with van der Waals surface area (Å²) in [6.07, 6.45) is 0.506. The Kier molecular flexibility index (Phi) is 2.18. The molecule has 0 spiro atoms. The lowest BCUT2D eigenvalue weighted by atomic mass is 10.3. The smallest absolute Gasteiger partial charge is 0.361 e. The van der Waals surface area contributed by atoms with Crippen molar-refractivity contribution in [1.29, 1.82) is 0 Å². The average Bonchev–Trinajstić information content (AvgIpc) is 2.45. The third-order valence-corrected chi connectivity index (χ3v) is 1.36. The van der Waals surface area contributed by atoms with Crippen LogP contribution in [0.1, 0.15) is 21.0 Å². The molecule has 0 aliphatic rings. The minimum atomic E-state index is -0.662. The Balaban J connectivity index is 3.15. The molecule has 0 atom stereocenters. The molecule has 1 aromatic rings. The zero-order valence-electron chi connectivity index (χ0n) is 6.64. The van der Waals surface area contributed by atoms with Gasteiger partial charge < -0.3 is 4.74 Å². The Bertz CT molecular complexity index is 318. The van der Waals surface area contributed by atoms with Crippen LogP contribution in [-0.2, 0) is 11.8 Å². The van der Waals surface area contributed by atoms with E-state index >= 15 is 0 Å². The van der Waals surface area contributed by atoms with Crippen molar-refractivity contribution < 1.29 is 14.3 Å². The van der Waals surface area contributed by atoms with Crippen LogP contribution in [0.2, 0.25) is 0 Å². The van der Waals surface area contributed by atoms with Gasteiger partial charge in [-0.05, 0) is 0 Å². The summed E-state index contributed by atoms with van der Waals surface area (Å²) in [6, 6.07) is 0. The molecule has 0 aromatic carbocycles. The number of hydrogen-bond acceptors (Lipinski definition) is 5. The van der Waals surface area contributed by atoms with Gasteiger partial charge in [-0.15, -0.1) is 5.10 Å². The van der Waals surface area contributed by atoms with Crippen molar-refractivity contribution in [1.82, 2.24) is 15.0 Å². The molecule has 0 bridgehead atoms. The largest absolute Gasteiger partial charge is 0.464 e. The summed E-state index contributed by atoms with van der Waals surface area (Å²) in [7, 11) is 2.73. The van der Waals surface area contributed by atoms with Crippen LogP contribution in [0.25, 0.3) is 0 Å². The second-order valence-electron chi connectivity index (χ2n) is 2.06. The molecule has 1 aromatic heterocycles. The quantitative estimate of drug-likeness (QED) is 0.437. The van der Waals surface area contributed by atoms with Crippen LogP contribution in [0.3, 0.4) is 0 Å². The van der Waals surface area contributed by atoms with E-state index < -0.39 is 5.97 Å². The van der Waals surface area contributed by atoms with Crippen molar-refractivity contribution in [2.24, 2.45) is 7.05 Å². The first-order chi connectivity index (χ1) is 5.70. The highest BCUT2D eigenvalue weighted by Gasteiger charge is 2.17. The van der Waals surface area contributed by atoms with Gasteiger partial charge in [-0.25, -0.2) is 9.48 Å². The number of aromatic nitrogens is 3. The first-order valence-corrected chi connectivity index (χ1v) is 3.14. The highest BCUT2D eigenvalue weighted by atomic mass is 16.5. The number of ether oxygens (including phenoxy) is 1. The van der Waals surface area contributed by atoms with Gasteiger partial charge in [0.05, 0.1) is 7.11 Å². The number of methoxy groups -OCH3 is 1. The molecule has 6 heteroatoms. The van der Waals surface area contributed by atoms with Crippen LogP contribution >= 0.6 is 0 Å². The molecule has 6 nitrogen and oxygen atoms in total. The van der Waals surface area contributed by atoms with Crippen LogP contribution in [0.15, 0.2) is 0 Å². The lowest BCUT2D eigenvalue weighted by molar-refractivity contribution is 0.0591. The Labute approximate surface area is 68.1 Å². The molecular weight excluding hydrogens is 162 g/mol. The van der Waals surface area contributed by atoms with E-state index in [1.165, 1.54) is 18.8 Å². The van der Waals surface area contributed by atoms with Gasteiger partial charge in [-0.3, -0.25) is 4.79 Å². The fraction of sp³-hybridized carbons (Fsp3) is 0.333. The number of esters is 1. The molecular formula is C6H7N3O3. The second kappa shape index (κ2) is 3.12. The predicted molar refractivity (Wildman–Crippen MR) is 37.7 cm³/mol. The Morgan fingerprint density at radius 1 is 1.67 bits per heavy atom. The van der Waals surface area contributed by atoms with Gasteiger partial charge in [-0.1, -0.05) is 5.21 Å². The minimum Gasteiger partial charge on any atom is -0.464 e. The number of hydrogen-bond donors (Lipinski definition) is 0. The number of aldehydes is 1. The van der Waals surface area contributed by atoms with Gasteiger partial charge in [-0.2, -0.15) is 0 Å². The maximum absolute atomic E-state index is 10.9. The number of aryl methyl sites for hydroxylation is 1. The topological polar surface area (TPSA) is 74.1 Å². The molecule has 0 N–H and O–H groups in total. The first kappa shape index (κ1) is 8.38. The van der Waals surface area contributed by atoms with E-state index in [1.54, 1.807) is 0 Å². The molecule has 0 amide bonds. The van der Waals surface area contributed by atoms with Gasteiger partial charge in [0.25, 0.3) is 0 Å². The van der Waals surface area contributed by atoms with E-state index in [1.807, 2.05) is 0 Å². The molecule has 0 saturated carbocycles. The predicted octanol–water partition coefficient (Wildman–Crippen LogP) is -0.586. The highest BCUT2D eigenvalue weighted by Crippen LogP contribution is 2.01. The average molecular weight is 169 g/mol. The van der Waals surface area contributed by atoms with Gasteiger partial charge in [0, 0.05) is 7.05 Å². The standard InChI is InChI=1S/C6H7N3O3/c1-9-4(3-10)5(7-8-9)6(11)12-2/h3H,1-2H3. The summed E-state index contributed by atoms with van der Waals surface area (Å²) >= 11 is 0. The highest BCUT2D eigenvalue weighted by molar-refractivity contribution is 5.95. The van der Waals surface area contributed by atoms with Gasteiger partial charge in [0.15, 0.2) is 6.29 Å². The third kappa shape index (κ3) is 1.18. The number of rotatable bonds is 2. The van der Waals surface area contributed by atoms with Crippen molar-refractivity contribution in [3.8, 4) is 0 Å². The molecule has 0 fully saturated rings. The summed E-state index contributed by atoms with van der Waals surface area (Å²) in [5.41, 5.74) is 0.0526. The molecule has 0 saturated heterocycles. The summed E-state index contributed by atoms with van der Waals surface area (Å²) in [6.45, 7) is 0. The van der Waals surface area contributed by atoms with Crippen LogP contribution in [-0.4, -0.2) is 34.4 Å². The summed E-state index contributed by atoms with van der Waals surface area (Å²) in [5.74, 6) is -0.662. The molecule has 1 heterocycles. The Hall–Kier alpha value is -1.72. The van der Waals surface area contributed by atoms with Crippen LogP contribution in [0.4, 0.5) is 0 Å². The molecule has 0 aliphatic heterocycles. The molecule has 12 heavy (non-hydrogen) atoms. The van der Waals surface area contributed by atoms with E-state index in [-0.39, 0.29) is 11.4 Å². The van der Waals surface area contributed by atoms with Gasteiger partial charge in [0.1, 0.15) is 5.69 Å². The Morgan fingerprint density at radius 3 is 2.83 bits per heavy atom. The van der Waals surface area contributed by atoms with Crippen molar-refractivity contribution in [3.63, 3.8) is 0 Å². The molecule has 0 aliphatic carbocycles. The summed E-state index contributed by atoms with van der Waals surface area (Å²) in [4.78, 5) is 21.3. The van der Waals surface area contributed by atoms with E-state index in [4.69, 9.17) is 0 Å². The lowest BCUT2D eigenvalue weighted by Gasteiger charge is -1.93. The van der Waals surface area contributed by atoms with Crippen molar-refractivity contribution in [3.05, 3.63) is 11.4 Å². The van der Waals surface area contributed by atoms with E-state index in [0.29, 0.717) is 6.29 Å².